The molecule has 0 spiro atoms. The highest BCUT2D eigenvalue weighted by Gasteiger charge is 2.10. The minimum Gasteiger partial charge on any atom is -0.471 e. The largest absolute Gasteiger partial charge is 0.471 e. The number of ether oxygens (including phenoxy) is 1. The van der Waals surface area contributed by atoms with Gasteiger partial charge in [-0.25, -0.2) is 4.68 Å². The van der Waals surface area contributed by atoms with E-state index in [-0.39, 0.29) is 12.6 Å². The zero-order valence-electron chi connectivity index (χ0n) is 13.5. The summed E-state index contributed by atoms with van der Waals surface area (Å²) in [7, 11) is 0. The highest BCUT2D eigenvalue weighted by molar-refractivity contribution is 6.02. The maximum absolute atomic E-state index is 12.2. The molecule has 0 fully saturated rings. The van der Waals surface area contributed by atoms with Crippen LogP contribution in [0.2, 0.25) is 0 Å². The van der Waals surface area contributed by atoms with E-state index in [4.69, 9.17) is 4.74 Å². The molecule has 3 aromatic rings. The summed E-state index contributed by atoms with van der Waals surface area (Å²) < 4.78 is 7.18. The topological polar surface area (TPSA) is 56.2 Å². The molecule has 1 amide bonds. The second-order valence-corrected chi connectivity index (χ2v) is 5.33. The summed E-state index contributed by atoms with van der Waals surface area (Å²) in [6, 6.07) is 18.9. The van der Waals surface area contributed by atoms with E-state index >= 15 is 0 Å². The molecule has 1 aromatic heterocycles. The second kappa shape index (κ2) is 7.46. The van der Waals surface area contributed by atoms with Crippen molar-refractivity contribution in [2.45, 2.75) is 20.1 Å². The molecule has 1 heterocycles. The molecular weight excluding hydrogens is 302 g/mol. The van der Waals surface area contributed by atoms with E-state index in [0.717, 1.165) is 17.9 Å². The van der Waals surface area contributed by atoms with Crippen molar-refractivity contribution in [1.29, 1.82) is 0 Å². The first-order valence-corrected chi connectivity index (χ1v) is 7.86. The molecule has 0 saturated heterocycles. The smallest absolute Gasteiger partial charge is 0.276 e. The van der Waals surface area contributed by atoms with Gasteiger partial charge in [0.1, 0.15) is 5.75 Å². The Morgan fingerprint density at radius 1 is 1.08 bits per heavy atom. The van der Waals surface area contributed by atoms with E-state index in [2.05, 4.69) is 17.3 Å². The highest BCUT2D eigenvalue weighted by Crippen LogP contribution is 2.12. The molecule has 122 valence electrons. The van der Waals surface area contributed by atoms with Crippen LogP contribution in [-0.2, 0) is 13.2 Å². The number of hydrogen-bond acceptors (Lipinski definition) is 3. The van der Waals surface area contributed by atoms with E-state index < -0.39 is 0 Å². The van der Waals surface area contributed by atoms with E-state index in [1.165, 1.54) is 5.56 Å². The highest BCUT2D eigenvalue weighted by atomic mass is 16.5. The summed E-state index contributed by atoms with van der Waals surface area (Å²) >= 11 is 0. The first-order chi connectivity index (χ1) is 11.7. The molecule has 1 N–H and O–H groups in total. The van der Waals surface area contributed by atoms with Gasteiger partial charge in [0.05, 0.1) is 0 Å². The van der Waals surface area contributed by atoms with E-state index in [1.54, 1.807) is 16.9 Å². The SMILES string of the molecule is CCc1ccc(NC(=O)c2ccn(COc3ccccc3)n2)cc1. The van der Waals surface area contributed by atoms with E-state index in [0.29, 0.717) is 5.69 Å². The molecule has 5 nitrogen and oxygen atoms in total. The van der Waals surface area contributed by atoms with Gasteiger partial charge < -0.3 is 10.1 Å². The molecule has 0 atom stereocenters. The number of rotatable bonds is 6. The Morgan fingerprint density at radius 2 is 1.83 bits per heavy atom. The standard InChI is InChI=1S/C19H19N3O2/c1-2-15-8-10-16(11-9-15)20-19(23)18-12-13-22(21-18)14-24-17-6-4-3-5-7-17/h3-13H,2,14H2,1H3,(H,20,23). The van der Waals surface area contributed by atoms with Gasteiger partial charge in [-0.2, -0.15) is 5.10 Å². The van der Waals surface area contributed by atoms with Gasteiger partial charge in [-0.05, 0) is 42.3 Å². The minimum atomic E-state index is -0.238. The fourth-order valence-electron chi connectivity index (χ4n) is 2.23. The van der Waals surface area contributed by atoms with Gasteiger partial charge >= 0.3 is 0 Å². The van der Waals surface area contributed by atoms with E-state index in [9.17, 15) is 4.79 Å². The summed E-state index contributed by atoms with van der Waals surface area (Å²) in [4.78, 5) is 12.2. The normalized spacial score (nSPS) is 10.4. The number of benzene rings is 2. The fraction of sp³-hybridized carbons (Fsp3) is 0.158. The molecule has 0 aliphatic heterocycles. The lowest BCUT2D eigenvalue weighted by Crippen LogP contribution is -2.14. The Labute approximate surface area is 140 Å². The Hall–Kier alpha value is -3.08. The second-order valence-electron chi connectivity index (χ2n) is 5.33. The molecule has 24 heavy (non-hydrogen) atoms. The Morgan fingerprint density at radius 3 is 2.54 bits per heavy atom. The molecule has 0 bridgehead atoms. The molecule has 2 aromatic carbocycles. The first kappa shape index (κ1) is 15.8. The monoisotopic (exact) mass is 321 g/mol. The van der Waals surface area contributed by atoms with Crippen LogP contribution in [0.25, 0.3) is 0 Å². The van der Waals surface area contributed by atoms with Crippen LogP contribution in [0.1, 0.15) is 23.0 Å². The lowest BCUT2D eigenvalue weighted by Gasteiger charge is -2.06. The summed E-state index contributed by atoms with van der Waals surface area (Å²) in [5.74, 6) is 0.521. The van der Waals surface area contributed by atoms with Crippen molar-refractivity contribution in [2.75, 3.05) is 5.32 Å². The summed E-state index contributed by atoms with van der Waals surface area (Å²) in [6.45, 7) is 2.35. The fourth-order valence-corrected chi connectivity index (χ4v) is 2.23. The van der Waals surface area contributed by atoms with Crippen LogP contribution >= 0.6 is 0 Å². The van der Waals surface area contributed by atoms with Crippen molar-refractivity contribution in [3.8, 4) is 5.75 Å². The molecule has 0 aliphatic rings. The number of hydrogen-bond donors (Lipinski definition) is 1. The van der Waals surface area contributed by atoms with Gasteiger partial charge in [0, 0.05) is 11.9 Å². The first-order valence-electron chi connectivity index (χ1n) is 7.86. The van der Waals surface area contributed by atoms with Gasteiger partial charge in [0.25, 0.3) is 5.91 Å². The number of para-hydroxylation sites is 1. The molecule has 0 saturated carbocycles. The van der Waals surface area contributed by atoms with Gasteiger partial charge in [0.2, 0.25) is 0 Å². The number of anilines is 1. The maximum atomic E-state index is 12.2. The van der Waals surface area contributed by atoms with Crippen LogP contribution in [0.5, 0.6) is 5.75 Å². The Kier molecular flexibility index (Phi) is 4.91. The number of carbonyl (C=O) groups excluding carboxylic acids is 1. The van der Waals surface area contributed by atoms with Crippen molar-refractivity contribution in [1.82, 2.24) is 9.78 Å². The van der Waals surface area contributed by atoms with Gasteiger partial charge in [-0.1, -0.05) is 37.3 Å². The number of nitrogens with one attached hydrogen (secondary N) is 1. The van der Waals surface area contributed by atoms with Crippen LogP contribution in [0.4, 0.5) is 5.69 Å². The number of carbonyl (C=O) groups is 1. The van der Waals surface area contributed by atoms with Crippen LogP contribution in [0.15, 0.2) is 66.9 Å². The van der Waals surface area contributed by atoms with Crippen LogP contribution in [-0.4, -0.2) is 15.7 Å². The number of amides is 1. The molecule has 3 rings (SSSR count). The summed E-state index contributed by atoms with van der Waals surface area (Å²) in [6.07, 6.45) is 2.69. The molecule has 5 heteroatoms. The molecule has 0 unspecified atom stereocenters. The van der Waals surface area contributed by atoms with E-state index in [1.807, 2.05) is 54.6 Å². The number of aromatic nitrogens is 2. The summed E-state index contributed by atoms with van der Waals surface area (Å²) in [5.41, 5.74) is 2.34. The maximum Gasteiger partial charge on any atom is 0.276 e. The zero-order chi connectivity index (χ0) is 16.8. The Bertz CT molecular complexity index is 795. The quantitative estimate of drug-likeness (QED) is 0.752. The van der Waals surface area contributed by atoms with Gasteiger partial charge in [-0.3, -0.25) is 4.79 Å². The average Bonchev–Trinajstić information content (AvgIpc) is 3.11. The molecular formula is C19H19N3O2. The van der Waals surface area contributed by atoms with Crippen molar-refractivity contribution in [3.63, 3.8) is 0 Å². The predicted octanol–water partition coefficient (Wildman–Crippen LogP) is 3.73. The third-order valence-corrected chi connectivity index (χ3v) is 3.60. The minimum absolute atomic E-state index is 0.238. The third-order valence-electron chi connectivity index (χ3n) is 3.60. The lowest BCUT2D eigenvalue weighted by atomic mass is 10.1. The van der Waals surface area contributed by atoms with Crippen molar-refractivity contribution >= 4 is 11.6 Å². The Balaban J connectivity index is 1.58. The van der Waals surface area contributed by atoms with Crippen molar-refractivity contribution < 1.29 is 9.53 Å². The van der Waals surface area contributed by atoms with Crippen LogP contribution in [0, 0.1) is 0 Å². The average molecular weight is 321 g/mol. The van der Waals surface area contributed by atoms with Crippen LogP contribution in [0.3, 0.4) is 0 Å². The molecule has 0 radical (unpaired) electrons. The zero-order valence-corrected chi connectivity index (χ0v) is 13.5. The number of aryl methyl sites for hydroxylation is 1. The van der Waals surface area contributed by atoms with Crippen molar-refractivity contribution in [3.05, 3.63) is 78.1 Å². The summed E-state index contributed by atoms with van der Waals surface area (Å²) in [5, 5.41) is 7.08. The lowest BCUT2D eigenvalue weighted by molar-refractivity contribution is 0.102. The molecule has 0 aliphatic carbocycles. The van der Waals surface area contributed by atoms with Gasteiger partial charge in [-0.15, -0.1) is 0 Å². The number of nitrogens with zero attached hydrogens (tertiary/aromatic N) is 2. The van der Waals surface area contributed by atoms with Crippen molar-refractivity contribution in [2.24, 2.45) is 0 Å². The van der Waals surface area contributed by atoms with Crippen LogP contribution < -0.4 is 10.1 Å². The third kappa shape index (κ3) is 4.01. The van der Waals surface area contributed by atoms with Gasteiger partial charge in [0.15, 0.2) is 12.4 Å². The predicted molar refractivity (Wildman–Crippen MR) is 93.1 cm³/mol.